The molecular weight excluding hydrogens is 284 g/mol. The number of nitrogens with one attached hydrogen (secondary N) is 1. The van der Waals surface area contributed by atoms with Gasteiger partial charge in [-0.25, -0.2) is 0 Å². The van der Waals surface area contributed by atoms with Gasteiger partial charge in [-0.1, -0.05) is 6.07 Å². The molecule has 4 rings (SSSR count). The fraction of sp³-hybridized carbons (Fsp3) is 0.438. The highest BCUT2D eigenvalue weighted by Crippen LogP contribution is 2.27. The molecule has 1 aromatic heterocycles. The number of ether oxygens (including phenoxy) is 2. The molecule has 0 saturated carbocycles. The number of carbonyl (C=O) groups excluding carboxylic acids is 1. The fourth-order valence-corrected chi connectivity index (χ4v) is 3.35. The maximum absolute atomic E-state index is 12.6. The van der Waals surface area contributed by atoms with Crippen molar-refractivity contribution < 1.29 is 19.4 Å². The number of aliphatic hydroxyl groups excluding tert-OH is 1. The molecule has 0 bridgehead atoms. The third-order valence-electron chi connectivity index (χ3n) is 4.52. The van der Waals surface area contributed by atoms with Crippen LogP contribution in [0.2, 0.25) is 0 Å². The van der Waals surface area contributed by atoms with E-state index in [0.717, 1.165) is 10.9 Å². The zero-order valence-corrected chi connectivity index (χ0v) is 12.2. The Morgan fingerprint density at radius 3 is 2.95 bits per heavy atom. The van der Waals surface area contributed by atoms with Crippen LogP contribution in [0.3, 0.4) is 0 Å². The van der Waals surface area contributed by atoms with Gasteiger partial charge >= 0.3 is 0 Å². The number of fused-ring (bicyclic) bond motifs is 2. The molecule has 2 saturated heterocycles. The summed E-state index contributed by atoms with van der Waals surface area (Å²) >= 11 is 0. The summed E-state index contributed by atoms with van der Waals surface area (Å²) in [6.07, 6.45) is 0.725. The molecule has 0 radical (unpaired) electrons. The monoisotopic (exact) mass is 302 g/mol. The number of nitrogens with zero attached hydrogens (tertiary/aromatic N) is 1. The predicted molar refractivity (Wildman–Crippen MR) is 79.7 cm³/mol. The predicted octanol–water partition coefficient (Wildman–Crippen LogP) is 0.435. The summed E-state index contributed by atoms with van der Waals surface area (Å²) in [6, 6.07) is 7.38. The van der Waals surface area contributed by atoms with Gasteiger partial charge in [0.25, 0.3) is 5.91 Å². The molecule has 2 N–H and O–H groups in total. The van der Waals surface area contributed by atoms with Crippen molar-refractivity contribution in [2.75, 3.05) is 13.2 Å². The summed E-state index contributed by atoms with van der Waals surface area (Å²) in [5, 5.41) is 13.6. The highest BCUT2D eigenvalue weighted by atomic mass is 16.6. The van der Waals surface area contributed by atoms with Crippen LogP contribution >= 0.6 is 0 Å². The maximum atomic E-state index is 12.6. The van der Waals surface area contributed by atoms with E-state index in [2.05, 4.69) is 5.32 Å². The number of hydrogen-bond acceptors (Lipinski definition) is 4. The van der Waals surface area contributed by atoms with Crippen LogP contribution in [0, 0.1) is 0 Å². The fourth-order valence-electron chi connectivity index (χ4n) is 3.35. The molecule has 3 heterocycles. The van der Waals surface area contributed by atoms with Gasteiger partial charge in [0.1, 0.15) is 18.3 Å². The lowest BCUT2D eigenvalue weighted by Crippen LogP contribution is -2.44. The largest absolute Gasteiger partial charge is 0.388 e. The van der Waals surface area contributed by atoms with Gasteiger partial charge in [0.15, 0.2) is 0 Å². The van der Waals surface area contributed by atoms with Crippen LogP contribution < -0.4 is 5.32 Å². The Balaban J connectivity index is 1.57. The molecule has 1 aromatic carbocycles. The number of aromatic nitrogens is 1. The van der Waals surface area contributed by atoms with Crippen LogP contribution in [0.1, 0.15) is 10.4 Å². The second kappa shape index (κ2) is 5.08. The highest BCUT2D eigenvalue weighted by molar-refractivity contribution is 6.06. The summed E-state index contributed by atoms with van der Waals surface area (Å²) < 4.78 is 13.1. The summed E-state index contributed by atoms with van der Waals surface area (Å²) in [6.45, 7) is 0.624. The van der Waals surface area contributed by atoms with E-state index in [1.54, 1.807) is 0 Å². The number of rotatable bonds is 2. The van der Waals surface area contributed by atoms with Gasteiger partial charge in [-0.2, -0.15) is 0 Å². The van der Waals surface area contributed by atoms with Crippen molar-refractivity contribution in [2.24, 2.45) is 7.05 Å². The maximum Gasteiger partial charge on any atom is 0.252 e. The minimum Gasteiger partial charge on any atom is -0.388 e. The normalized spacial score (nSPS) is 30.6. The van der Waals surface area contributed by atoms with Crippen molar-refractivity contribution in [3.8, 4) is 0 Å². The Labute approximate surface area is 127 Å². The standard InChI is InChI=1S/C16H18N2O4/c1-18-6-5-9-10(3-2-4-12(9)18)16(20)17-11-7-21-15-13(19)8-22-14(11)15/h2-6,11,13-15,19H,7-8H2,1H3,(H,17,20)/t11-,13-,14-,15-/m1/s1. The second-order valence-electron chi connectivity index (χ2n) is 5.91. The molecule has 2 aliphatic rings. The Hall–Kier alpha value is -1.89. The Morgan fingerprint density at radius 2 is 2.09 bits per heavy atom. The quantitative estimate of drug-likeness (QED) is 0.844. The lowest BCUT2D eigenvalue weighted by atomic mass is 10.1. The summed E-state index contributed by atoms with van der Waals surface area (Å²) in [5.41, 5.74) is 1.65. The van der Waals surface area contributed by atoms with E-state index < -0.39 is 6.10 Å². The van der Waals surface area contributed by atoms with E-state index in [-0.39, 0.29) is 30.8 Å². The molecule has 22 heavy (non-hydrogen) atoms. The van der Waals surface area contributed by atoms with E-state index in [1.165, 1.54) is 0 Å². The smallest absolute Gasteiger partial charge is 0.252 e. The van der Waals surface area contributed by atoms with Crippen molar-refractivity contribution in [3.05, 3.63) is 36.0 Å². The first-order chi connectivity index (χ1) is 10.6. The van der Waals surface area contributed by atoms with Gasteiger partial charge in [0.2, 0.25) is 0 Å². The molecule has 1 amide bonds. The molecule has 2 fully saturated rings. The van der Waals surface area contributed by atoms with E-state index in [4.69, 9.17) is 9.47 Å². The minimum absolute atomic E-state index is 0.143. The van der Waals surface area contributed by atoms with E-state index in [9.17, 15) is 9.90 Å². The molecule has 6 heteroatoms. The lowest BCUT2D eigenvalue weighted by molar-refractivity contribution is 0.0178. The van der Waals surface area contributed by atoms with Gasteiger partial charge in [0.05, 0.1) is 19.3 Å². The van der Waals surface area contributed by atoms with Crippen LogP contribution in [-0.4, -0.2) is 53.1 Å². The molecule has 2 aliphatic heterocycles. The first-order valence-electron chi connectivity index (χ1n) is 7.41. The molecule has 0 aliphatic carbocycles. The number of aryl methyl sites for hydroxylation is 1. The van der Waals surface area contributed by atoms with Crippen LogP contribution in [-0.2, 0) is 16.5 Å². The molecule has 2 aromatic rings. The minimum atomic E-state index is -0.607. The van der Waals surface area contributed by atoms with Gasteiger partial charge in [-0.15, -0.1) is 0 Å². The zero-order valence-electron chi connectivity index (χ0n) is 12.2. The molecule has 0 unspecified atom stereocenters. The lowest BCUT2D eigenvalue weighted by Gasteiger charge is -2.17. The van der Waals surface area contributed by atoms with Gasteiger partial charge in [0, 0.05) is 29.7 Å². The third-order valence-corrected chi connectivity index (χ3v) is 4.52. The highest BCUT2D eigenvalue weighted by Gasteiger charge is 2.47. The van der Waals surface area contributed by atoms with Crippen molar-refractivity contribution >= 4 is 16.8 Å². The van der Waals surface area contributed by atoms with Crippen molar-refractivity contribution in [1.29, 1.82) is 0 Å². The average molecular weight is 302 g/mol. The average Bonchev–Trinajstić information content (AvgIpc) is 3.18. The number of amides is 1. The summed E-state index contributed by atoms with van der Waals surface area (Å²) in [5.74, 6) is -0.143. The first kappa shape index (κ1) is 13.8. The second-order valence-corrected chi connectivity index (χ2v) is 5.91. The van der Waals surface area contributed by atoms with E-state index >= 15 is 0 Å². The third kappa shape index (κ3) is 2.03. The topological polar surface area (TPSA) is 72.7 Å². The Morgan fingerprint density at radius 1 is 1.27 bits per heavy atom. The molecule has 6 nitrogen and oxygen atoms in total. The van der Waals surface area contributed by atoms with Crippen LogP contribution in [0.15, 0.2) is 30.5 Å². The van der Waals surface area contributed by atoms with Gasteiger partial charge < -0.3 is 24.5 Å². The van der Waals surface area contributed by atoms with E-state index in [1.807, 2.05) is 42.1 Å². The number of hydrogen-bond donors (Lipinski definition) is 2. The molecular formula is C16H18N2O4. The molecule has 0 spiro atoms. The van der Waals surface area contributed by atoms with Crippen molar-refractivity contribution in [2.45, 2.75) is 24.4 Å². The summed E-state index contributed by atoms with van der Waals surface area (Å²) in [7, 11) is 1.95. The van der Waals surface area contributed by atoms with Crippen LogP contribution in [0.25, 0.3) is 10.9 Å². The Bertz CT molecular complexity index is 726. The van der Waals surface area contributed by atoms with Crippen LogP contribution in [0.5, 0.6) is 0 Å². The SMILES string of the molecule is Cn1ccc2c(C(=O)N[C@@H]3CO[C@H]4[C@@H]3OC[C@H]4O)cccc21. The van der Waals surface area contributed by atoms with Crippen molar-refractivity contribution in [3.63, 3.8) is 0 Å². The number of benzene rings is 1. The molecule has 4 atom stereocenters. The van der Waals surface area contributed by atoms with Crippen LogP contribution in [0.4, 0.5) is 0 Å². The van der Waals surface area contributed by atoms with Crippen molar-refractivity contribution in [1.82, 2.24) is 9.88 Å². The summed E-state index contributed by atoms with van der Waals surface area (Å²) in [4.78, 5) is 12.6. The van der Waals surface area contributed by atoms with Gasteiger partial charge in [-0.3, -0.25) is 4.79 Å². The zero-order chi connectivity index (χ0) is 15.3. The number of aliphatic hydroxyl groups is 1. The Kier molecular flexibility index (Phi) is 3.18. The first-order valence-corrected chi connectivity index (χ1v) is 7.41. The van der Waals surface area contributed by atoms with E-state index in [0.29, 0.717) is 12.2 Å². The molecule has 116 valence electrons. The number of carbonyl (C=O) groups is 1. The van der Waals surface area contributed by atoms with Gasteiger partial charge in [-0.05, 0) is 18.2 Å².